The summed E-state index contributed by atoms with van der Waals surface area (Å²) in [4.78, 5) is 15.7. The molecule has 1 aromatic rings. The number of hydrogen-bond donors (Lipinski definition) is 1. The number of nitrogens with zero attached hydrogens (tertiary/aromatic N) is 1. The van der Waals surface area contributed by atoms with Crippen LogP contribution in [0.15, 0.2) is 12.1 Å². The molecule has 16 heavy (non-hydrogen) atoms. The zero-order chi connectivity index (χ0) is 11.5. The lowest BCUT2D eigenvalue weighted by Gasteiger charge is -2.11. The summed E-state index contributed by atoms with van der Waals surface area (Å²) in [5, 5.41) is 3.37. The molecule has 1 unspecified atom stereocenters. The van der Waals surface area contributed by atoms with E-state index in [1.165, 1.54) is 0 Å². The van der Waals surface area contributed by atoms with Crippen LogP contribution < -0.4 is 5.32 Å². The van der Waals surface area contributed by atoms with Crippen molar-refractivity contribution in [2.24, 2.45) is 0 Å². The van der Waals surface area contributed by atoms with Crippen LogP contribution in [0.2, 0.25) is 10.3 Å². The molecule has 3 nitrogen and oxygen atoms in total. The van der Waals surface area contributed by atoms with Gasteiger partial charge in [0.15, 0.2) is 0 Å². The molecule has 1 saturated heterocycles. The van der Waals surface area contributed by atoms with E-state index < -0.39 is 0 Å². The van der Waals surface area contributed by atoms with Crippen LogP contribution in [-0.4, -0.2) is 28.4 Å². The molecule has 0 aromatic carbocycles. The first-order valence-corrected chi connectivity index (χ1v) is 6.78. The molecule has 0 spiro atoms. The Morgan fingerprint density at radius 1 is 1.50 bits per heavy atom. The number of rotatable bonds is 2. The number of pyridine rings is 1. The number of carbonyl (C=O) groups is 1. The fourth-order valence-electron chi connectivity index (χ4n) is 1.49. The number of aromatic nitrogens is 1. The third-order valence-electron chi connectivity index (χ3n) is 2.32. The first-order chi connectivity index (χ1) is 7.66. The highest BCUT2D eigenvalue weighted by molar-refractivity contribution is 7.99. The average Bonchev–Trinajstić information content (AvgIpc) is 2.70. The summed E-state index contributed by atoms with van der Waals surface area (Å²) < 4.78 is 0. The maximum Gasteiger partial charge on any atom is 0.254 e. The molecule has 1 aliphatic heterocycles. The smallest absolute Gasteiger partial charge is 0.254 e. The van der Waals surface area contributed by atoms with E-state index in [1.54, 1.807) is 12.1 Å². The summed E-state index contributed by atoms with van der Waals surface area (Å²) in [6.07, 6.45) is 1.01. The van der Waals surface area contributed by atoms with E-state index in [-0.39, 0.29) is 22.3 Å². The predicted octanol–water partition coefficient (Wildman–Crippen LogP) is 2.62. The lowest BCUT2D eigenvalue weighted by Crippen LogP contribution is -2.34. The summed E-state index contributed by atoms with van der Waals surface area (Å²) >= 11 is 13.4. The van der Waals surface area contributed by atoms with Crippen molar-refractivity contribution in [1.82, 2.24) is 10.3 Å². The topological polar surface area (TPSA) is 42.0 Å². The molecule has 0 radical (unpaired) electrons. The number of thioether (sulfide) groups is 1. The van der Waals surface area contributed by atoms with Gasteiger partial charge < -0.3 is 5.32 Å². The standard InChI is InChI=1S/C10H10Cl2N2OS/c11-8-2-1-7(9(12)14-8)10(15)13-6-3-4-16-5-6/h1-2,6H,3-5H2,(H,13,15). The predicted molar refractivity (Wildman–Crippen MR) is 67.5 cm³/mol. The van der Waals surface area contributed by atoms with Crippen LogP contribution in [-0.2, 0) is 0 Å². The van der Waals surface area contributed by atoms with Gasteiger partial charge in [-0.25, -0.2) is 4.98 Å². The van der Waals surface area contributed by atoms with Gasteiger partial charge >= 0.3 is 0 Å². The van der Waals surface area contributed by atoms with Gasteiger partial charge in [0.25, 0.3) is 5.91 Å². The Bertz CT molecular complexity index is 408. The van der Waals surface area contributed by atoms with Gasteiger partial charge in [0.1, 0.15) is 10.3 Å². The van der Waals surface area contributed by atoms with Crippen molar-refractivity contribution in [2.45, 2.75) is 12.5 Å². The van der Waals surface area contributed by atoms with Crippen molar-refractivity contribution < 1.29 is 4.79 Å². The van der Waals surface area contributed by atoms with Gasteiger partial charge in [-0.3, -0.25) is 4.79 Å². The zero-order valence-electron chi connectivity index (χ0n) is 8.37. The monoisotopic (exact) mass is 276 g/mol. The lowest BCUT2D eigenvalue weighted by atomic mass is 10.2. The Morgan fingerprint density at radius 3 is 2.94 bits per heavy atom. The number of hydrogen-bond acceptors (Lipinski definition) is 3. The molecule has 1 fully saturated rings. The minimum absolute atomic E-state index is 0.149. The molecule has 2 rings (SSSR count). The highest BCUT2D eigenvalue weighted by Gasteiger charge is 2.20. The summed E-state index contributed by atoms with van der Waals surface area (Å²) in [7, 11) is 0. The molecule has 0 saturated carbocycles. The van der Waals surface area contributed by atoms with Crippen LogP contribution in [0.25, 0.3) is 0 Å². The van der Waals surface area contributed by atoms with E-state index in [0.717, 1.165) is 17.9 Å². The van der Waals surface area contributed by atoms with Gasteiger partial charge in [-0.1, -0.05) is 23.2 Å². The quantitative estimate of drug-likeness (QED) is 0.845. The molecule has 1 N–H and O–H groups in total. The molecule has 2 heterocycles. The molecule has 86 valence electrons. The van der Waals surface area contributed by atoms with Gasteiger partial charge in [-0.05, 0) is 24.3 Å². The van der Waals surface area contributed by atoms with Crippen molar-refractivity contribution in [3.8, 4) is 0 Å². The van der Waals surface area contributed by atoms with Crippen molar-refractivity contribution in [3.63, 3.8) is 0 Å². The van der Waals surface area contributed by atoms with Crippen LogP contribution in [0.5, 0.6) is 0 Å². The van der Waals surface area contributed by atoms with Crippen LogP contribution >= 0.6 is 35.0 Å². The highest BCUT2D eigenvalue weighted by Crippen LogP contribution is 2.20. The van der Waals surface area contributed by atoms with E-state index in [2.05, 4.69) is 10.3 Å². The number of nitrogens with one attached hydrogen (secondary N) is 1. The Morgan fingerprint density at radius 2 is 2.31 bits per heavy atom. The molecule has 0 bridgehead atoms. The fourth-order valence-corrected chi connectivity index (χ4v) is 3.08. The highest BCUT2D eigenvalue weighted by atomic mass is 35.5. The van der Waals surface area contributed by atoms with Crippen LogP contribution in [0.1, 0.15) is 16.8 Å². The van der Waals surface area contributed by atoms with Crippen molar-refractivity contribution in [3.05, 3.63) is 28.0 Å². The van der Waals surface area contributed by atoms with Crippen LogP contribution in [0.4, 0.5) is 0 Å². The molecule has 0 aliphatic carbocycles. The van der Waals surface area contributed by atoms with Gasteiger partial charge in [0.2, 0.25) is 0 Å². The van der Waals surface area contributed by atoms with E-state index in [4.69, 9.17) is 23.2 Å². The third kappa shape index (κ3) is 2.81. The molecule has 1 amide bonds. The number of halogens is 2. The molecule has 1 atom stereocenters. The summed E-state index contributed by atoms with van der Waals surface area (Å²) in [6, 6.07) is 3.39. The normalized spacial score (nSPS) is 19.8. The van der Waals surface area contributed by atoms with E-state index in [0.29, 0.717) is 5.56 Å². The number of carbonyl (C=O) groups excluding carboxylic acids is 1. The Labute approximate surface area is 108 Å². The second kappa shape index (κ2) is 5.25. The number of amides is 1. The first kappa shape index (κ1) is 12.0. The molecule has 1 aromatic heterocycles. The van der Waals surface area contributed by atoms with E-state index in [9.17, 15) is 4.79 Å². The second-order valence-electron chi connectivity index (χ2n) is 3.51. The lowest BCUT2D eigenvalue weighted by molar-refractivity contribution is 0.0941. The summed E-state index contributed by atoms with van der Waals surface area (Å²) in [6.45, 7) is 0. The van der Waals surface area contributed by atoms with Gasteiger partial charge in [0, 0.05) is 11.8 Å². The average molecular weight is 277 g/mol. The zero-order valence-corrected chi connectivity index (χ0v) is 10.7. The molecule has 6 heteroatoms. The van der Waals surface area contributed by atoms with Crippen LogP contribution in [0.3, 0.4) is 0 Å². The maximum atomic E-state index is 11.8. The Kier molecular flexibility index (Phi) is 3.95. The van der Waals surface area contributed by atoms with Crippen LogP contribution in [0, 0.1) is 0 Å². The summed E-state index contributed by atoms with van der Waals surface area (Å²) in [5.74, 6) is 1.88. The Hall–Kier alpha value is -0.450. The largest absolute Gasteiger partial charge is 0.348 e. The van der Waals surface area contributed by atoms with E-state index >= 15 is 0 Å². The molecule has 1 aliphatic rings. The van der Waals surface area contributed by atoms with E-state index in [1.807, 2.05) is 11.8 Å². The molecular weight excluding hydrogens is 267 g/mol. The minimum Gasteiger partial charge on any atom is -0.348 e. The van der Waals surface area contributed by atoms with Gasteiger partial charge in [-0.2, -0.15) is 11.8 Å². The first-order valence-electron chi connectivity index (χ1n) is 4.87. The van der Waals surface area contributed by atoms with Crippen molar-refractivity contribution >= 4 is 40.9 Å². The summed E-state index contributed by atoms with van der Waals surface area (Å²) in [5.41, 5.74) is 0.378. The second-order valence-corrected chi connectivity index (χ2v) is 5.40. The molecular formula is C10H10Cl2N2OS. The van der Waals surface area contributed by atoms with Gasteiger partial charge in [0.05, 0.1) is 5.56 Å². The third-order valence-corrected chi connectivity index (χ3v) is 3.99. The SMILES string of the molecule is O=C(NC1CCSC1)c1ccc(Cl)nc1Cl. The Balaban J connectivity index is 2.08. The maximum absolute atomic E-state index is 11.8. The van der Waals surface area contributed by atoms with Crippen molar-refractivity contribution in [1.29, 1.82) is 0 Å². The minimum atomic E-state index is -0.179. The van der Waals surface area contributed by atoms with Gasteiger partial charge in [-0.15, -0.1) is 0 Å². The fraction of sp³-hybridized carbons (Fsp3) is 0.400. The van der Waals surface area contributed by atoms with Crippen molar-refractivity contribution in [2.75, 3.05) is 11.5 Å².